The first-order valence-electron chi connectivity index (χ1n) is 5.88. The molecule has 1 saturated heterocycles. The van der Waals surface area contributed by atoms with Gasteiger partial charge >= 0.3 is 21.4 Å². The molecule has 3 nitrogen and oxygen atoms in total. The lowest BCUT2D eigenvalue weighted by atomic mass is 9.57. The second-order valence-electron chi connectivity index (χ2n) is 5.25. The maximum absolute atomic E-state index is 5.75. The van der Waals surface area contributed by atoms with E-state index >= 15 is 0 Å². The average molecular weight is 210 g/mol. The van der Waals surface area contributed by atoms with Crippen molar-refractivity contribution in [3.05, 3.63) is 0 Å². The first-order valence-corrected chi connectivity index (χ1v) is 5.88. The molecule has 0 aromatic carbocycles. The van der Waals surface area contributed by atoms with E-state index in [2.05, 4.69) is 41.5 Å². The van der Waals surface area contributed by atoms with Crippen molar-refractivity contribution in [2.24, 2.45) is 0 Å². The van der Waals surface area contributed by atoms with Gasteiger partial charge in [0.2, 0.25) is 0 Å². The van der Waals surface area contributed by atoms with E-state index < -0.39 is 0 Å². The minimum Gasteiger partial charge on any atom is -0.452 e. The van der Waals surface area contributed by atoms with Gasteiger partial charge in [-0.2, -0.15) is 0 Å². The second kappa shape index (κ2) is 5.42. The summed E-state index contributed by atoms with van der Waals surface area (Å²) in [5.74, 6) is 1.07. The largest absolute Gasteiger partial charge is 0.452 e. The molecule has 0 unspecified atom stereocenters. The number of hydrogen-bond acceptors (Lipinski definition) is 3. The molecule has 1 aliphatic rings. The molecule has 0 saturated carbocycles. The molecule has 0 spiro atoms. The van der Waals surface area contributed by atoms with Crippen LogP contribution in [0.5, 0.6) is 0 Å². The summed E-state index contributed by atoms with van der Waals surface area (Å²) in [6, 6.07) is 0. The third-order valence-corrected chi connectivity index (χ3v) is 2.44. The minimum atomic E-state index is -0.140. The Labute approximate surface area is 94.7 Å². The summed E-state index contributed by atoms with van der Waals surface area (Å²) in [5, 5.41) is 0. The van der Waals surface area contributed by atoms with E-state index in [0.717, 1.165) is 0 Å². The van der Waals surface area contributed by atoms with Gasteiger partial charge in [-0.15, -0.1) is 0 Å². The second-order valence-corrected chi connectivity index (χ2v) is 5.25. The predicted octanol–water partition coefficient (Wildman–Crippen LogP) is 2.74. The standard InChI is InChI=1S/C9H21B3O3/c1-7(2)10-13-11(8(3)4)15-12(14-10)9(5)6/h7-9H,1-6H3. The summed E-state index contributed by atoms with van der Waals surface area (Å²) in [7, 11) is -0.421. The van der Waals surface area contributed by atoms with Crippen LogP contribution >= 0.6 is 0 Å². The van der Waals surface area contributed by atoms with Gasteiger partial charge in [-0.25, -0.2) is 0 Å². The first-order chi connectivity index (χ1) is 6.91. The summed E-state index contributed by atoms with van der Waals surface area (Å²) in [6.07, 6.45) is 0. The van der Waals surface area contributed by atoms with Crippen molar-refractivity contribution in [3.8, 4) is 0 Å². The van der Waals surface area contributed by atoms with Crippen LogP contribution < -0.4 is 0 Å². The van der Waals surface area contributed by atoms with Crippen LogP contribution in [0, 0.1) is 0 Å². The molecule has 0 N–H and O–H groups in total. The van der Waals surface area contributed by atoms with Crippen molar-refractivity contribution >= 4 is 21.4 Å². The lowest BCUT2D eigenvalue weighted by Crippen LogP contribution is -2.52. The van der Waals surface area contributed by atoms with Crippen LogP contribution in [0.15, 0.2) is 0 Å². The highest BCUT2D eigenvalue weighted by Crippen LogP contribution is 2.27. The Morgan fingerprint density at radius 2 is 0.733 bits per heavy atom. The Morgan fingerprint density at radius 1 is 0.533 bits per heavy atom. The van der Waals surface area contributed by atoms with Crippen LogP contribution in [0.3, 0.4) is 0 Å². The molecule has 1 rings (SSSR count). The smallest absolute Gasteiger partial charge is 0.432 e. The summed E-state index contributed by atoms with van der Waals surface area (Å²) in [4.78, 5) is 0. The van der Waals surface area contributed by atoms with Crippen molar-refractivity contribution in [2.75, 3.05) is 0 Å². The molecule has 1 aliphatic heterocycles. The Hall–Kier alpha value is 0.0748. The lowest BCUT2D eigenvalue weighted by Gasteiger charge is -2.35. The summed E-state index contributed by atoms with van der Waals surface area (Å²) >= 11 is 0. The van der Waals surface area contributed by atoms with Crippen LogP contribution in [0.1, 0.15) is 41.5 Å². The summed E-state index contributed by atoms with van der Waals surface area (Å²) in [6.45, 7) is 12.6. The van der Waals surface area contributed by atoms with Gasteiger partial charge in [-0.3, -0.25) is 0 Å². The van der Waals surface area contributed by atoms with E-state index in [1.54, 1.807) is 0 Å². The number of hydrogen-bond donors (Lipinski definition) is 0. The highest BCUT2D eigenvalue weighted by molar-refractivity contribution is 6.75. The number of rotatable bonds is 3. The van der Waals surface area contributed by atoms with E-state index in [4.69, 9.17) is 13.7 Å². The maximum Gasteiger partial charge on any atom is 0.432 e. The van der Waals surface area contributed by atoms with Crippen molar-refractivity contribution in [3.63, 3.8) is 0 Å². The molecule has 0 radical (unpaired) electrons. The van der Waals surface area contributed by atoms with E-state index in [1.807, 2.05) is 0 Å². The molecule has 1 heterocycles. The van der Waals surface area contributed by atoms with Crippen LogP contribution in [-0.2, 0) is 13.7 Å². The van der Waals surface area contributed by atoms with Crippen LogP contribution in [0.4, 0.5) is 0 Å². The van der Waals surface area contributed by atoms with Gasteiger partial charge in [0, 0.05) is 0 Å². The zero-order chi connectivity index (χ0) is 11.6. The van der Waals surface area contributed by atoms with Gasteiger partial charge in [0.1, 0.15) is 0 Å². The Kier molecular flexibility index (Phi) is 4.75. The van der Waals surface area contributed by atoms with E-state index in [9.17, 15) is 0 Å². The molecule has 6 heteroatoms. The van der Waals surface area contributed by atoms with E-state index in [0.29, 0.717) is 17.5 Å². The van der Waals surface area contributed by atoms with Crippen LogP contribution in [-0.4, -0.2) is 21.4 Å². The molecule has 0 aliphatic carbocycles. The Morgan fingerprint density at radius 3 is 0.867 bits per heavy atom. The van der Waals surface area contributed by atoms with Crippen LogP contribution in [0.2, 0.25) is 17.5 Å². The fourth-order valence-corrected chi connectivity index (χ4v) is 1.44. The van der Waals surface area contributed by atoms with Gasteiger partial charge in [0.25, 0.3) is 0 Å². The first kappa shape index (κ1) is 13.1. The molecule has 0 bridgehead atoms. The van der Waals surface area contributed by atoms with Crippen molar-refractivity contribution in [2.45, 2.75) is 59.0 Å². The third kappa shape index (κ3) is 3.54. The molecular weight excluding hydrogens is 189 g/mol. The SMILES string of the molecule is CC(C)B1OB(C(C)C)OB(C(C)C)O1. The topological polar surface area (TPSA) is 27.7 Å². The molecule has 84 valence electrons. The van der Waals surface area contributed by atoms with Gasteiger partial charge < -0.3 is 13.7 Å². The van der Waals surface area contributed by atoms with Crippen molar-refractivity contribution in [1.82, 2.24) is 0 Å². The van der Waals surface area contributed by atoms with Gasteiger partial charge in [0.15, 0.2) is 0 Å². The van der Waals surface area contributed by atoms with Crippen molar-refractivity contribution in [1.29, 1.82) is 0 Å². The van der Waals surface area contributed by atoms with E-state index in [-0.39, 0.29) is 21.4 Å². The normalized spacial score (nSPS) is 18.6. The quantitative estimate of drug-likeness (QED) is 0.669. The molecule has 15 heavy (non-hydrogen) atoms. The van der Waals surface area contributed by atoms with Gasteiger partial charge in [-0.1, -0.05) is 41.5 Å². The highest BCUT2D eigenvalue weighted by Gasteiger charge is 2.44. The molecular formula is C9H21B3O3. The lowest BCUT2D eigenvalue weighted by molar-refractivity contribution is 0.261. The monoisotopic (exact) mass is 210 g/mol. The van der Waals surface area contributed by atoms with Gasteiger partial charge in [0.05, 0.1) is 0 Å². The summed E-state index contributed by atoms with van der Waals surface area (Å²) in [5.41, 5.74) is 0. The minimum absolute atomic E-state index is 0.140. The van der Waals surface area contributed by atoms with Gasteiger partial charge in [-0.05, 0) is 17.5 Å². The maximum atomic E-state index is 5.75. The third-order valence-electron chi connectivity index (χ3n) is 2.44. The zero-order valence-electron chi connectivity index (χ0n) is 10.7. The zero-order valence-corrected chi connectivity index (χ0v) is 10.7. The highest BCUT2D eigenvalue weighted by atomic mass is 16.7. The molecule has 0 aromatic rings. The fourth-order valence-electron chi connectivity index (χ4n) is 1.44. The Bertz CT molecular complexity index is 160. The molecule has 0 aromatic heterocycles. The average Bonchev–Trinajstić information content (AvgIpc) is 2.16. The van der Waals surface area contributed by atoms with E-state index in [1.165, 1.54) is 0 Å². The molecule has 0 atom stereocenters. The molecule has 1 fully saturated rings. The van der Waals surface area contributed by atoms with Crippen LogP contribution in [0.25, 0.3) is 0 Å². The summed E-state index contributed by atoms with van der Waals surface area (Å²) < 4.78 is 17.2. The van der Waals surface area contributed by atoms with Crippen molar-refractivity contribution < 1.29 is 13.7 Å². The Balaban J connectivity index is 2.64. The predicted molar refractivity (Wildman–Crippen MR) is 65.8 cm³/mol. The molecule has 0 amide bonds. The fraction of sp³-hybridized carbons (Fsp3) is 1.00.